The van der Waals surface area contributed by atoms with Crippen LogP contribution in [0, 0.1) is 0 Å². The van der Waals surface area contributed by atoms with E-state index < -0.39 is 24.0 Å². The van der Waals surface area contributed by atoms with E-state index >= 15 is 0 Å². The van der Waals surface area contributed by atoms with Crippen LogP contribution in [-0.4, -0.2) is 52.5 Å². The Labute approximate surface area is 156 Å². The molecule has 1 aliphatic heterocycles. The molecule has 1 fully saturated rings. The predicted molar refractivity (Wildman–Crippen MR) is 100 cm³/mol. The number of rotatable bonds is 7. The van der Waals surface area contributed by atoms with Crippen LogP contribution in [0.3, 0.4) is 0 Å². The van der Waals surface area contributed by atoms with Crippen molar-refractivity contribution in [2.24, 2.45) is 0 Å². The van der Waals surface area contributed by atoms with Crippen LogP contribution in [0.4, 0.5) is 0 Å². The van der Waals surface area contributed by atoms with Gasteiger partial charge in [0.1, 0.15) is 12.1 Å². The Hall–Kier alpha value is -2.87. The second kappa shape index (κ2) is 8.22. The highest BCUT2D eigenvalue weighted by Crippen LogP contribution is 2.19. The molecule has 27 heavy (non-hydrogen) atoms. The molecule has 1 aromatic heterocycles. The number of aromatic nitrogens is 1. The Balaban J connectivity index is 1.78. The molecular weight excluding hydrogens is 348 g/mol. The SMILES string of the molecule is C[C@H](NC(=O)[C@H](Cc1c[nH]c2ccccc12)NC(=O)[C@@H]1CCCN1)C(=O)O. The van der Waals surface area contributed by atoms with Gasteiger partial charge in [-0.3, -0.25) is 14.4 Å². The number of amides is 2. The highest BCUT2D eigenvalue weighted by molar-refractivity contribution is 5.93. The molecule has 5 N–H and O–H groups in total. The summed E-state index contributed by atoms with van der Waals surface area (Å²) in [6, 6.07) is 5.47. The highest BCUT2D eigenvalue weighted by atomic mass is 16.4. The van der Waals surface area contributed by atoms with Crippen molar-refractivity contribution >= 4 is 28.7 Å². The van der Waals surface area contributed by atoms with Crippen molar-refractivity contribution in [3.05, 3.63) is 36.0 Å². The lowest BCUT2D eigenvalue weighted by Crippen LogP contribution is -2.54. The smallest absolute Gasteiger partial charge is 0.325 e. The standard InChI is InChI=1S/C19H24N4O4/c1-11(19(26)27)22-18(25)16(23-17(24)15-7-4-8-20-15)9-12-10-21-14-6-3-2-5-13(12)14/h2-3,5-6,10-11,15-16,20-21H,4,7-9H2,1H3,(H,22,25)(H,23,24)(H,26,27)/t11-,15-,16-/m0/s1. The number of carbonyl (C=O) groups is 3. The molecule has 3 rings (SSSR count). The highest BCUT2D eigenvalue weighted by Gasteiger charge is 2.29. The van der Waals surface area contributed by atoms with Gasteiger partial charge in [0.15, 0.2) is 0 Å². The third-order valence-electron chi connectivity index (χ3n) is 4.84. The maximum absolute atomic E-state index is 12.7. The molecule has 144 valence electrons. The summed E-state index contributed by atoms with van der Waals surface area (Å²) in [5, 5.41) is 18.4. The van der Waals surface area contributed by atoms with E-state index in [1.165, 1.54) is 6.92 Å². The van der Waals surface area contributed by atoms with Gasteiger partial charge in [0.25, 0.3) is 0 Å². The van der Waals surface area contributed by atoms with Gasteiger partial charge < -0.3 is 26.0 Å². The molecule has 2 heterocycles. The molecule has 0 saturated carbocycles. The van der Waals surface area contributed by atoms with Crippen LogP contribution in [0.5, 0.6) is 0 Å². The van der Waals surface area contributed by atoms with Gasteiger partial charge in [0, 0.05) is 23.5 Å². The van der Waals surface area contributed by atoms with Crippen molar-refractivity contribution in [1.82, 2.24) is 20.9 Å². The molecular formula is C19H24N4O4. The first kappa shape index (κ1) is 18.9. The van der Waals surface area contributed by atoms with Crippen molar-refractivity contribution in [3.63, 3.8) is 0 Å². The van der Waals surface area contributed by atoms with Crippen LogP contribution >= 0.6 is 0 Å². The molecule has 0 bridgehead atoms. The van der Waals surface area contributed by atoms with Gasteiger partial charge in [0.2, 0.25) is 11.8 Å². The monoisotopic (exact) mass is 372 g/mol. The van der Waals surface area contributed by atoms with Crippen molar-refractivity contribution in [2.45, 2.75) is 44.3 Å². The summed E-state index contributed by atoms with van der Waals surface area (Å²) >= 11 is 0. The minimum absolute atomic E-state index is 0.240. The molecule has 3 atom stereocenters. The molecule has 0 spiro atoms. The number of para-hydroxylation sites is 1. The van der Waals surface area contributed by atoms with Crippen molar-refractivity contribution in [1.29, 1.82) is 0 Å². The number of aromatic amines is 1. The van der Waals surface area contributed by atoms with Crippen molar-refractivity contribution in [3.8, 4) is 0 Å². The van der Waals surface area contributed by atoms with Crippen LogP contribution in [0.25, 0.3) is 10.9 Å². The second-order valence-electron chi connectivity index (χ2n) is 6.84. The zero-order valence-electron chi connectivity index (χ0n) is 15.1. The Morgan fingerprint density at radius 2 is 2.04 bits per heavy atom. The molecule has 1 aliphatic rings. The summed E-state index contributed by atoms with van der Waals surface area (Å²) < 4.78 is 0. The number of benzene rings is 1. The number of nitrogens with one attached hydrogen (secondary N) is 4. The lowest BCUT2D eigenvalue weighted by molar-refractivity contribution is -0.141. The van der Waals surface area contributed by atoms with E-state index in [4.69, 9.17) is 5.11 Å². The van der Waals surface area contributed by atoms with Crippen LogP contribution in [0.2, 0.25) is 0 Å². The minimum atomic E-state index is -1.13. The second-order valence-corrected chi connectivity index (χ2v) is 6.84. The Morgan fingerprint density at radius 3 is 2.74 bits per heavy atom. The number of fused-ring (bicyclic) bond motifs is 1. The lowest BCUT2D eigenvalue weighted by Gasteiger charge is -2.21. The van der Waals surface area contributed by atoms with Gasteiger partial charge in [-0.2, -0.15) is 0 Å². The van der Waals surface area contributed by atoms with Crippen LogP contribution in [0.15, 0.2) is 30.5 Å². The number of hydrogen-bond acceptors (Lipinski definition) is 4. The van der Waals surface area contributed by atoms with E-state index in [0.717, 1.165) is 35.9 Å². The van der Waals surface area contributed by atoms with E-state index in [1.54, 1.807) is 0 Å². The molecule has 0 unspecified atom stereocenters. The number of carboxylic acids is 1. The normalized spacial score (nSPS) is 18.8. The fourth-order valence-electron chi connectivity index (χ4n) is 3.29. The first-order chi connectivity index (χ1) is 13.0. The summed E-state index contributed by atoms with van der Waals surface area (Å²) in [6.45, 7) is 2.16. The maximum Gasteiger partial charge on any atom is 0.325 e. The summed E-state index contributed by atoms with van der Waals surface area (Å²) in [7, 11) is 0. The fourth-order valence-corrected chi connectivity index (χ4v) is 3.29. The van der Waals surface area contributed by atoms with E-state index in [9.17, 15) is 14.4 Å². The maximum atomic E-state index is 12.7. The quantitative estimate of drug-likeness (QED) is 0.485. The van der Waals surface area contributed by atoms with Crippen LogP contribution in [-0.2, 0) is 20.8 Å². The molecule has 8 nitrogen and oxygen atoms in total. The zero-order valence-corrected chi connectivity index (χ0v) is 15.1. The molecule has 2 amide bonds. The molecule has 0 radical (unpaired) electrons. The van der Waals surface area contributed by atoms with Gasteiger partial charge in [-0.1, -0.05) is 18.2 Å². The van der Waals surface area contributed by atoms with E-state index in [0.29, 0.717) is 0 Å². The van der Waals surface area contributed by atoms with Gasteiger partial charge in [-0.05, 0) is 37.9 Å². The lowest BCUT2D eigenvalue weighted by atomic mass is 10.0. The Morgan fingerprint density at radius 1 is 1.26 bits per heavy atom. The van der Waals surface area contributed by atoms with Gasteiger partial charge in [-0.15, -0.1) is 0 Å². The van der Waals surface area contributed by atoms with Gasteiger partial charge in [0.05, 0.1) is 6.04 Å². The summed E-state index contributed by atoms with van der Waals surface area (Å²) in [5.74, 6) is -1.88. The third kappa shape index (κ3) is 4.46. The molecule has 2 aromatic rings. The topological polar surface area (TPSA) is 123 Å². The number of aliphatic carboxylic acids is 1. The Bertz CT molecular complexity index is 841. The van der Waals surface area contributed by atoms with E-state index in [1.807, 2.05) is 30.5 Å². The summed E-state index contributed by atoms with van der Waals surface area (Å²) in [6.07, 6.45) is 3.71. The zero-order chi connectivity index (χ0) is 19.4. The number of carboxylic acid groups (broad SMARTS) is 1. The largest absolute Gasteiger partial charge is 0.480 e. The van der Waals surface area contributed by atoms with Crippen LogP contribution < -0.4 is 16.0 Å². The van der Waals surface area contributed by atoms with E-state index in [2.05, 4.69) is 20.9 Å². The van der Waals surface area contributed by atoms with E-state index in [-0.39, 0.29) is 18.4 Å². The van der Waals surface area contributed by atoms with Crippen LogP contribution in [0.1, 0.15) is 25.3 Å². The Kier molecular flexibility index (Phi) is 5.75. The molecule has 0 aliphatic carbocycles. The molecule has 8 heteroatoms. The molecule has 1 saturated heterocycles. The minimum Gasteiger partial charge on any atom is -0.480 e. The van der Waals surface area contributed by atoms with Gasteiger partial charge in [-0.25, -0.2) is 0 Å². The summed E-state index contributed by atoms with van der Waals surface area (Å²) in [4.78, 5) is 39.4. The average molecular weight is 372 g/mol. The first-order valence-electron chi connectivity index (χ1n) is 9.07. The van der Waals surface area contributed by atoms with Crippen molar-refractivity contribution < 1.29 is 19.5 Å². The molecule has 1 aromatic carbocycles. The number of hydrogen-bond donors (Lipinski definition) is 5. The average Bonchev–Trinajstić information content (AvgIpc) is 3.31. The first-order valence-corrected chi connectivity index (χ1v) is 9.07. The van der Waals surface area contributed by atoms with Crippen molar-refractivity contribution in [2.75, 3.05) is 6.54 Å². The number of H-pyrrole nitrogens is 1. The fraction of sp³-hybridized carbons (Fsp3) is 0.421. The predicted octanol–water partition coefficient (Wildman–Crippen LogP) is 0.536. The third-order valence-corrected chi connectivity index (χ3v) is 4.84. The summed E-state index contributed by atoms with van der Waals surface area (Å²) in [5.41, 5.74) is 1.82. The van der Waals surface area contributed by atoms with Gasteiger partial charge >= 0.3 is 5.97 Å². The number of carbonyl (C=O) groups excluding carboxylic acids is 2.